The molecule has 0 fully saturated rings. The van der Waals surface area contributed by atoms with Gasteiger partial charge in [0.2, 0.25) is 15.5 Å². The molecule has 0 aliphatic rings. The number of pyridine rings is 1. The van der Waals surface area contributed by atoms with Crippen LogP contribution in [0.15, 0.2) is 40.8 Å². The number of nitrogens with zero attached hydrogens (tertiary/aromatic N) is 1. The highest BCUT2D eigenvalue weighted by molar-refractivity contribution is 7.89. The van der Waals surface area contributed by atoms with Gasteiger partial charge in [-0.15, -0.1) is 6.58 Å². The first kappa shape index (κ1) is 12.7. The summed E-state index contributed by atoms with van der Waals surface area (Å²) in [6.45, 7) is 5.67. The number of sulfonamides is 1. The van der Waals surface area contributed by atoms with Crippen LogP contribution in [0.5, 0.6) is 0 Å². The van der Waals surface area contributed by atoms with E-state index in [9.17, 15) is 13.2 Å². The van der Waals surface area contributed by atoms with Crippen LogP contribution in [0.4, 0.5) is 0 Å². The van der Waals surface area contributed by atoms with Crippen LogP contribution in [0.2, 0.25) is 0 Å². The summed E-state index contributed by atoms with van der Waals surface area (Å²) in [4.78, 5) is 13.8. The van der Waals surface area contributed by atoms with E-state index in [0.29, 0.717) is 6.54 Å². The zero-order chi connectivity index (χ0) is 12.2. The molecule has 16 heavy (non-hydrogen) atoms. The van der Waals surface area contributed by atoms with E-state index < -0.39 is 15.5 Å². The zero-order valence-corrected chi connectivity index (χ0v) is 9.83. The Labute approximate surface area is 94.5 Å². The van der Waals surface area contributed by atoms with Crippen molar-refractivity contribution in [1.29, 1.82) is 0 Å². The predicted molar refractivity (Wildman–Crippen MR) is 61.7 cm³/mol. The van der Waals surface area contributed by atoms with Crippen LogP contribution in [-0.2, 0) is 10.0 Å². The minimum atomic E-state index is -3.73. The molecular formula is C10H14N2O3S. The Morgan fingerprint density at radius 1 is 1.56 bits per heavy atom. The lowest BCUT2D eigenvalue weighted by Gasteiger charge is -2.17. The second kappa shape index (κ2) is 5.09. The SMILES string of the molecule is C=CCN(CC)S(=O)(=O)c1c[nH]ccc1=O. The highest BCUT2D eigenvalue weighted by Gasteiger charge is 2.24. The maximum absolute atomic E-state index is 12.0. The minimum Gasteiger partial charge on any atom is -0.366 e. The number of aromatic nitrogens is 1. The second-order valence-electron chi connectivity index (χ2n) is 3.12. The molecule has 6 heteroatoms. The van der Waals surface area contributed by atoms with Crippen molar-refractivity contribution < 1.29 is 8.42 Å². The van der Waals surface area contributed by atoms with E-state index >= 15 is 0 Å². The standard InChI is InChI=1S/C10H14N2O3S/c1-3-7-12(4-2)16(14,15)10-8-11-6-5-9(10)13/h3,5-6,8H,1,4,7H2,2H3,(H,11,13). The van der Waals surface area contributed by atoms with Crippen molar-refractivity contribution in [2.24, 2.45) is 0 Å². The smallest absolute Gasteiger partial charge is 0.248 e. The molecule has 0 unspecified atom stereocenters. The highest BCUT2D eigenvalue weighted by Crippen LogP contribution is 2.09. The Morgan fingerprint density at radius 3 is 2.75 bits per heavy atom. The van der Waals surface area contributed by atoms with Crippen LogP contribution in [0, 0.1) is 0 Å². The monoisotopic (exact) mass is 242 g/mol. The normalized spacial score (nSPS) is 11.6. The molecule has 0 aliphatic heterocycles. The van der Waals surface area contributed by atoms with Crippen LogP contribution >= 0.6 is 0 Å². The quantitative estimate of drug-likeness (QED) is 0.767. The number of H-pyrrole nitrogens is 1. The lowest BCUT2D eigenvalue weighted by Crippen LogP contribution is -2.33. The third-order valence-electron chi connectivity index (χ3n) is 2.09. The molecule has 0 radical (unpaired) electrons. The number of nitrogens with one attached hydrogen (secondary N) is 1. The number of likely N-dealkylation sites (N-methyl/N-ethyl adjacent to an activating group) is 1. The maximum Gasteiger partial charge on any atom is 0.248 e. The molecular weight excluding hydrogens is 228 g/mol. The number of aromatic amines is 1. The fraction of sp³-hybridized carbons (Fsp3) is 0.300. The van der Waals surface area contributed by atoms with Crippen molar-refractivity contribution >= 4 is 10.0 Å². The van der Waals surface area contributed by atoms with E-state index in [-0.39, 0.29) is 11.4 Å². The van der Waals surface area contributed by atoms with E-state index in [0.717, 1.165) is 0 Å². The molecule has 88 valence electrons. The molecule has 0 spiro atoms. The molecule has 0 saturated carbocycles. The molecule has 0 aromatic carbocycles. The van der Waals surface area contributed by atoms with Gasteiger partial charge in [-0.3, -0.25) is 4.79 Å². The topological polar surface area (TPSA) is 70.2 Å². The number of hydrogen-bond donors (Lipinski definition) is 1. The lowest BCUT2D eigenvalue weighted by molar-refractivity contribution is 0.459. The van der Waals surface area contributed by atoms with Gasteiger partial charge in [-0.25, -0.2) is 8.42 Å². The Balaban J connectivity index is 3.25. The van der Waals surface area contributed by atoms with Gasteiger partial charge < -0.3 is 4.98 Å². The van der Waals surface area contributed by atoms with E-state index in [1.54, 1.807) is 6.92 Å². The maximum atomic E-state index is 12.0. The van der Waals surface area contributed by atoms with Crippen molar-refractivity contribution in [3.05, 3.63) is 41.3 Å². The Bertz CT molecular complexity index is 519. The number of rotatable bonds is 5. The minimum absolute atomic E-state index is 0.188. The zero-order valence-electron chi connectivity index (χ0n) is 9.01. The first-order valence-corrected chi connectivity index (χ1v) is 6.26. The molecule has 1 rings (SSSR count). The van der Waals surface area contributed by atoms with Gasteiger partial charge in [-0.1, -0.05) is 13.0 Å². The summed E-state index contributed by atoms with van der Waals surface area (Å²) in [7, 11) is -3.73. The molecule has 1 heterocycles. The van der Waals surface area contributed by atoms with Gasteiger partial charge in [0.25, 0.3) is 0 Å². The van der Waals surface area contributed by atoms with Crippen molar-refractivity contribution in [2.75, 3.05) is 13.1 Å². The summed E-state index contributed by atoms with van der Waals surface area (Å²) in [5.74, 6) is 0. The number of hydrogen-bond acceptors (Lipinski definition) is 3. The van der Waals surface area contributed by atoms with Crippen molar-refractivity contribution in [3.8, 4) is 0 Å². The van der Waals surface area contributed by atoms with E-state index in [1.807, 2.05) is 0 Å². The molecule has 5 nitrogen and oxygen atoms in total. The average molecular weight is 242 g/mol. The third-order valence-corrected chi connectivity index (χ3v) is 4.05. The van der Waals surface area contributed by atoms with E-state index in [2.05, 4.69) is 11.6 Å². The predicted octanol–water partition coefficient (Wildman–Crippen LogP) is 0.572. The van der Waals surface area contributed by atoms with Crippen LogP contribution < -0.4 is 5.43 Å². The Morgan fingerprint density at radius 2 is 2.25 bits per heavy atom. The highest BCUT2D eigenvalue weighted by atomic mass is 32.2. The van der Waals surface area contributed by atoms with Gasteiger partial charge in [0.15, 0.2) is 0 Å². The first-order valence-electron chi connectivity index (χ1n) is 4.82. The van der Waals surface area contributed by atoms with Crippen LogP contribution in [-0.4, -0.2) is 30.8 Å². The lowest BCUT2D eigenvalue weighted by atomic mass is 10.5. The van der Waals surface area contributed by atoms with Crippen LogP contribution in [0.1, 0.15) is 6.92 Å². The fourth-order valence-corrected chi connectivity index (χ4v) is 2.74. The summed E-state index contributed by atoms with van der Waals surface area (Å²) in [5.41, 5.74) is -0.513. The Hall–Kier alpha value is -1.40. The van der Waals surface area contributed by atoms with Crippen molar-refractivity contribution in [2.45, 2.75) is 11.8 Å². The fourth-order valence-electron chi connectivity index (χ4n) is 1.28. The van der Waals surface area contributed by atoms with Gasteiger partial charge >= 0.3 is 0 Å². The molecule has 0 amide bonds. The van der Waals surface area contributed by atoms with Crippen LogP contribution in [0.25, 0.3) is 0 Å². The van der Waals surface area contributed by atoms with Gasteiger partial charge in [0, 0.05) is 31.5 Å². The summed E-state index contributed by atoms with van der Waals surface area (Å²) in [6.07, 6.45) is 4.08. The summed E-state index contributed by atoms with van der Waals surface area (Å²) in [5, 5.41) is 0. The molecule has 1 aromatic heterocycles. The van der Waals surface area contributed by atoms with Gasteiger partial charge in [-0.2, -0.15) is 4.31 Å². The largest absolute Gasteiger partial charge is 0.366 e. The van der Waals surface area contributed by atoms with E-state index in [1.165, 1.54) is 28.8 Å². The van der Waals surface area contributed by atoms with Crippen molar-refractivity contribution in [1.82, 2.24) is 9.29 Å². The molecule has 1 aromatic rings. The molecule has 0 saturated heterocycles. The van der Waals surface area contributed by atoms with Gasteiger partial charge in [-0.05, 0) is 0 Å². The van der Waals surface area contributed by atoms with Crippen molar-refractivity contribution in [3.63, 3.8) is 0 Å². The van der Waals surface area contributed by atoms with Gasteiger partial charge in [0.05, 0.1) is 0 Å². The average Bonchev–Trinajstić information content (AvgIpc) is 2.26. The first-order chi connectivity index (χ1) is 7.54. The Kier molecular flexibility index (Phi) is 4.03. The summed E-state index contributed by atoms with van der Waals surface area (Å²) in [6, 6.07) is 1.19. The third kappa shape index (κ3) is 2.40. The van der Waals surface area contributed by atoms with E-state index in [4.69, 9.17) is 0 Å². The molecule has 0 atom stereocenters. The van der Waals surface area contributed by atoms with Gasteiger partial charge in [0.1, 0.15) is 4.90 Å². The molecule has 0 aliphatic carbocycles. The molecule has 0 bridgehead atoms. The summed E-state index contributed by atoms with van der Waals surface area (Å²) < 4.78 is 25.2. The molecule has 1 N–H and O–H groups in total. The second-order valence-corrected chi connectivity index (χ2v) is 5.02. The van der Waals surface area contributed by atoms with Crippen LogP contribution in [0.3, 0.4) is 0 Å². The summed E-state index contributed by atoms with van der Waals surface area (Å²) >= 11 is 0.